The van der Waals surface area contributed by atoms with Crippen molar-refractivity contribution < 1.29 is 41.8 Å². The van der Waals surface area contributed by atoms with Crippen molar-refractivity contribution in [3.63, 3.8) is 0 Å². The molecule has 2 heterocycles. The lowest BCUT2D eigenvalue weighted by Gasteiger charge is -2.52. The van der Waals surface area contributed by atoms with Crippen LogP contribution in [0.25, 0.3) is 6.08 Å². The Morgan fingerprint density at radius 1 is 0.980 bits per heavy atom. The van der Waals surface area contributed by atoms with Gasteiger partial charge in [-0.3, -0.25) is 19.3 Å². The molecule has 1 N–H and O–H groups in total. The number of carbonyl (C=O) groups excluding carboxylic acids is 4. The Morgan fingerprint density at radius 3 is 2.31 bits per heavy atom. The SMILES string of the molecule is CC(C)(C)OC(=O)CC[C@@H](C(=O)NCc1cccc(C(F)(F)F)c1)N1C(=O)C(N2C(=O)OC[C@@H]2c2ccccc2)C1C=Cc1ccccc1. The third kappa shape index (κ3) is 8.48. The summed E-state index contributed by atoms with van der Waals surface area (Å²) in [6.07, 6.45) is -2.09. The highest BCUT2D eigenvalue weighted by Crippen LogP contribution is 2.39. The van der Waals surface area contributed by atoms with Crippen molar-refractivity contribution in [3.8, 4) is 0 Å². The zero-order chi connectivity index (χ0) is 35.3. The van der Waals surface area contributed by atoms with Crippen LogP contribution in [-0.4, -0.2) is 64.0 Å². The molecule has 0 aliphatic carbocycles. The summed E-state index contributed by atoms with van der Waals surface area (Å²) in [6.45, 7) is 4.89. The summed E-state index contributed by atoms with van der Waals surface area (Å²) in [4.78, 5) is 56.7. The minimum Gasteiger partial charge on any atom is -0.460 e. The first-order chi connectivity index (χ1) is 23.2. The van der Waals surface area contributed by atoms with Gasteiger partial charge in [-0.1, -0.05) is 84.9 Å². The first-order valence-electron chi connectivity index (χ1n) is 15.9. The average molecular weight is 678 g/mol. The van der Waals surface area contributed by atoms with Gasteiger partial charge in [-0.15, -0.1) is 0 Å². The van der Waals surface area contributed by atoms with E-state index >= 15 is 0 Å². The van der Waals surface area contributed by atoms with Crippen LogP contribution in [0.4, 0.5) is 18.0 Å². The van der Waals surface area contributed by atoms with E-state index < -0.39 is 65.4 Å². The number of hydrogen-bond donors (Lipinski definition) is 1. The van der Waals surface area contributed by atoms with E-state index in [0.717, 1.165) is 23.3 Å². The topological polar surface area (TPSA) is 105 Å². The molecule has 2 aliphatic heterocycles. The minimum absolute atomic E-state index is 0.0291. The van der Waals surface area contributed by atoms with Gasteiger partial charge in [-0.25, -0.2) is 4.79 Å². The number of carbonyl (C=O) groups is 4. The van der Waals surface area contributed by atoms with E-state index in [-0.39, 0.29) is 31.6 Å². The summed E-state index contributed by atoms with van der Waals surface area (Å²) in [7, 11) is 0. The van der Waals surface area contributed by atoms with Crippen molar-refractivity contribution in [3.05, 3.63) is 113 Å². The van der Waals surface area contributed by atoms with E-state index in [1.165, 1.54) is 21.9 Å². The first-order valence-corrected chi connectivity index (χ1v) is 15.9. The van der Waals surface area contributed by atoms with Crippen LogP contribution in [-0.2, 0) is 36.6 Å². The predicted octanol–water partition coefficient (Wildman–Crippen LogP) is 6.30. The van der Waals surface area contributed by atoms with Gasteiger partial charge in [0.2, 0.25) is 11.8 Å². The van der Waals surface area contributed by atoms with Crippen LogP contribution in [0.5, 0.6) is 0 Å². The van der Waals surface area contributed by atoms with Crippen molar-refractivity contribution in [2.24, 2.45) is 0 Å². The number of likely N-dealkylation sites (tertiary alicyclic amines) is 1. The molecule has 0 spiro atoms. The Labute approximate surface area is 282 Å². The molecule has 3 aromatic rings. The predicted molar refractivity (Wildman–Crippen MR) is 174 cm³/mol. The number of halogens is 3. The number of esters is 1. The number of β-lactam (4-membered cyclic amide) rings is 1. The third-order valence-electron chi connectivity index (χ3n) is 8.23. The van der Waals surface area contributed by atoms with Gasteiger partial charge in [0, 0.05) is 13.0 Å². The summed E-state index contributed by atoms with van der Waals surface area (Å²) in [5.41, 5.74) is 0.125. The molecule has 4 atom stereocenters. The number of cyclic esters (lactones) is 1. The largest absolute Gasteiger partial charge is 0.460 e. The van der Waals surface area contributed by atoms with Gasteiger partial charge in [-0.2, -0.15) is 13.2 Å². The lowest BCUT2D eigenvalue weighted by molar-refractivity contribution is -0.165. The monoisotopic (exact) mass is 677 g/mol. The van der Waals surface area contributed by atoms with Gasteiger partial charge in [0.1, 0.15) is 24.3 Å². The van der Waals surface area contributed by atoms with Crippen LogP contribution < -0.4 is 5.32 Å². The highest BCUT2D eigenvalue weighted by Gasteiger charge is 2.58. The molecule has 0 aromatic heterocycles. The van der Waals surface area contributed by atoms with Crippen molar-refractivity contribution in [1.82, 2.24) is 15.1 Å². The summed E-state index contributed by atoms with van der Waals surface area (Å²) in [6, 6.07) is 19.3. The van der Waals surface area contributed by atoms with Crippen molar-refractivity contribution in [2.45, 2.75) is 76.1 Å². The van der Waals surface area contributed by atoms with E-state index in [4.69, 9.17) is 9.47 Å². The first kappa shape index (κ1) is 35.2. The number of alkyl halides is 3. The molecular weight excluding hydrogens is 639 g/mol. The number of ether oxygens (including phenoxy) is 2. The zero-order valence-corrected chi connectivity index (χ0v) is 27.4. The van der Waals surface area contributed by atoms with E-state index in [1.54, 1.807) is 32.9 Å². The van der Waals surface area contributed by atoms with Gasteiger partial charge < -0.3 is 19.7 Å². The van der Waals surface area contributed by atoms with Gasteiger partial charge in [0.25, 0.3) is 0 Å². The fourth-order valence-electron chi connectivity index (χ4n) is 6.01. The molecule has 0 radical (unpaired) electrons. The van der Waals surface area contributed by atoms with Crippen molar-refractivity contribution in [1.29, 1.82) is 0 Å². The Morgan fingerprint density at radius 2 is 1.65 bits per heavy atom. The summed E-state index contributed by atoms with van der Waals surface area (Å²) >= 11 is 0. The normalized spacial score (nSPS) is 20.2. The maximum atomic E-state index is 14.2. The zero-order valence-electron chi connectivity index (χ0n) is 27.4. The maximum Gasteiger partial charge on any atom is 0.416 e. The number of benzene rings is 3. The molecule has 2 unspecified atom stereocenters. The number of amides is 3. The molecule has 12 heteroatoms. The van der Waals surface area contributed by atoms with Gasteiger partial charge in [-0.05, 0) is 56.0 Å². The molecule has 5 rings (SSSR count). The Bertz CT molecular complexity index is 1690. The molecule has 3 aromatic carbocycles. The molecule has 258 valence electrons. The van der Waals surface area contributed by atoms with Crippen molar-refractivity contribution in [2.75, 3.05) is 6.61 Å². The van der Waals surface area contributed by atoms with E-state index in [1.807, 2.05) is 60.7 Å². The molecule has 0 saturated carbocycles. The van der Waals surface area contributed by atoms with Crippen LogP contribution in [0.1, 0.15) is 61.9 Å². The fraction of sp³-hybridized carbons (Fsp3) is 0.351. The van der Waals surface area contributed by atoms with Crippen LogP contribution in [0.2, 0.25) is 0 Å². The second kappa shape index (κ2) is 14.6. The molecule has 49 heavy (non-hydrogen) atoms. The Kier molecular flexibility index (Phi) is 10.4. The van der Waals surface area contributed by atoms with Crippen LogP contribution in [0, 0.1) is 0 Å². The highest BCUT2D eigenvalue weighted by molar-refractivity contribution is 5.98. The smallest absolute Gasteiger partial charge is 0.416 e. The second-order valence-electron chi connectivity index (χ2n) is 12.9. The highest BCUT2D eigenvalue weighted by atomic mass is 19.4. The fourth-order valence-corrected chi connectivity index (χ4v) is 6.01. The van der Waals surface area contributed by atoms with Crippen LogP contribution >= 0.6 is 0 Å². The van der Waals surface area contributed by atoms with E-state index in [2.05, 4.69) is 5.32 Å². The summed E-state index contributed by atoms with van der Waals surface area (Å²) in [5, 5.41) is 2.66. The Balaban J connectivity index is 1.46. The number of nitrogens with one attached hydrogen (secondary N) is 1. The van der Waals surface area contributed by atoms with E-state index in [9.17, 15) is 32.3 Å². The third-order valence-corrected chi connectivity index (χ3v) is 8.23. The number of hydrogen-bond acceptors (Lipinski definition) is 6. The standard InChI is InChI=1S/C37H38F3N3O6/c1-36(2,3)49-31(44)20-19-29(33(45)41-22-25-13-10-16-27(21-25)37(38,39)40)42-28(18-17-24-11-6-4-7-12-24)32(34(42)46)43-30(23-48-35(43)47)26-14-8-5-9-15-26/h4-18,21,28-30,32H,19-20,22-23H2,1-3H3,(H,41,45)/t28?,29-,30+,32?/m0/s1. The van der Waals surface area contributed by atoms with E-state index in [0.29, 0.717) is 0 Å². The van der Waals surface area contributed by atoms with Crippen LogP contribution in [0.15, 0.2) is 91.0 Å². The molecular formula is C37H38F3N3O6. The summed E-state index contributed by atoms with van der Waals surface area (Å²) in [5.74, 6) is -1.79. The minimum atomic E-state index is -4.57. The molecule has 2 saturated heterocycles. The van der Waals surface area contributed by atoms with Gasteiger partial charge in [0.05, 0.1) is 17.6 Å². The quantitative estimate of drug-likeness (QED) is 0.189. The maximum absolute atomic E-state index is 14.2. The van der Waals surface area contributed by atoms with Gasteiger partial charge in [0.15, 0.2) is 0 Å². The Hall–Kier alpha value is -5.13. The lowest BCUT2D eigenvalue weighted by Crippen LogP contribution is -2.74. The van der Waals surface area contributed by atoms with Gasteiger partial charge >= 0.3 is 18.2 Å². The summed E-state index contributed by atoms with van der Waals surface area (Å²) < 4.78 is 50.9. The molecule has 2 aliphatic rings. The lowest BCUT2D eigenvalue weighted by atomic mass is 9.87. The van der Waals surface area contributed by atoms with Crippen LogP contribution in [0.3, 0.4) is 0 Å². The molecule has 0 bridgehead atoms. The molecule has 2 fully saturated rings. The van der Waals surface area contributed by atoms with Crippen molar-refractivity contribution >= 4 is 30.0 Å². The number of rotatable bonds is 11. The second-order valence-corrected chi connectivity index (χ2v) is 12.9. The molecule has 3 amide bonds. The average Bonchev–Trinajstić information content (AvgIpc) is 3.43. The molecule has 9 nitrogen and oxygen atoms in total. The number of nitrogens with zero attached hydrogens (tertiary/aromatic N) is 2.